The molecular weight excluding hydrogens is 260 g/mol. The lowest BCUT2D eigenvalue weighted by molar-refractivity contribution is -0.877. The molecule has 0 unspecified atom stereocenters. The fraction of sp³-hybridized carbons (Fsp3) is 0.857. The molecule has 0 aromatic heterocycles. The molecule has 2 fully saturated rings. The van der Waals surface area contributed by atoms with Crippen LogP contribution in [-0.2, 0) is 9.59 Å². The van der Waals surface area contributed by atoms with Crippen LogP contribution >= 0.6 is 0 Å². The second kappa shape index (κ2) is 8.21. The molecule has 2 saturated heterocycles. The van der Waals surface area contributed by atoms with Gasteiger partial charge < -0.3 is 28.8 Å². The average molecular weight is 288 g/mol. The van der Waals surface area contributed by atoms with Gasteiger partial charge in [0.05, 0.1) is 66.3 Å². The topological polar surface area (TPSA) is 80.3 Å². The zero-order valence-corrected chi connectivity index (χ0v) is 13.2. The zero-order valence-electron chi connectivity index (χ0n) is 13.2. The van der Waals surface area contributed by atoms with E-state index in [0.29, 0.717) is 0 Å². The Morgan fingerprint density at radius 1 is 0.650 bits per heavy atom. The third-order valence-electron chi connectivity index (χ3n) is 3.72. The SMILES string of the molecule is C[N+]1(C)CCCC1.C[N+]1(C)CCCC1.O=C([O-])C(=O)[O-]. The summed E-state index contributed by atoms with van der Waals surface area (Å²) in [6.07, 6.45) is 5.75. The molecule has 0 aliphatic carbocycles. The first kappa shape index (κ1) is 18.9. The van der Waals surface area contributed by atoms with Crippen LogP contribution < -0.4 is 10.2 Å². The highest BCUT2D eigenvalue weighted by molar-refractivity contribution is 6.25. The van der Waals surface area contributed by atoms with Crippen molar-refractivity contribution in [1.82, 2.24) is 0 Å². The number of carboxylic acid groups (broad SMARTS) is 2. The van der Waals surface area contributed by atoms with Gasteiger partial charge in [-0.1, -0.05) is 0 Å². The van der Waals surface area contributed by atoms with E-state index in [1.165, 1.54) is 60.8 Å². The minimum absolute atomic E-state index is 1.25. The monoisotopic (exact) mass is 288 g/mol. The first-order chi connectivity index (χ1) is 9.06. The molecule has 2 heterocycles. The van der Waals surface area contributed by atoms with Gasteiger partial charge in [0.2, 0.25) is 0 Å². The lowest BCUT2D eigenvalue weighted by atomic mass is 10.4. The van der Waals surface area contributed by atoms with E-state index < -0.39 is 11.9 Å². The normalized spacial score (nSPS) is 22.0. The van der Waals surface area contributed by atoms with Crippen molar-refractivity contribution in [2.24, 2.45) is 0 Å². The van der Waals surface area contributed by atoms with Crippen molar-refractivity contribution in [2.75, 3.05) is 54.4 Å². The van der Waals surface area contributed by atoms with Gasteiger partial charge in [0.15, 0.2) is 0 Å². The molecule has 0 N–H and O–H groups in total. The Morgan fingerprint density at radius 3 is 0.900 bits per heavy atom. The second-order valence-electron chi connectivity index (χ2n) is 6.76. The third kappa shape index (κ3) is 9.75. The molecule has 0 spiro atoms. The fourth-order valence-corrected chi connectivity index (χ4v) is 2.38. The molecule has 0 amide bonds. The van der Waals surface area contributed by atoms with Crippen molar-refractivity contribution in [3.8, 4) is 0 Å². The van der Waals surface area contributed by atoms with Crippen molar-refractivity contribution in [2.45, 2.75) is 25.7 Å². The predicted molar refractivity (Wildman–Crippen MR) is 72.2 cm³/mol. The van der Waals surface area contributed by atoms with Gasteiger partial charge in [0, 0.05) is 25.7 Å². The van der Waals surface area contributed by atoms with Crippen LogP contribution in [0, 0.1) is 0 Å². The van der Waals surface area contributed by atoms with E-state index in [4.69, 9.17) is 19.8 Å². The number of hydrogen-bond acceptors (Lipinski definition) is 4. The summed E-state index contributed by atoms with van der Waals surface area (Å²) in [5, 5.41) is 17.9. The minimum atomic E-state index is -2.19. The zero-order chi connectivity index (χ0) is 15.8. The molecule has 0 aromatic rings. The summed E-state index contributed by atoms with van der Waals surface area (Å²) in [6, 6.07) is 0. The molecule has 20 heavy (non-hydrogen) atoms. The number of quaternary nitrogens is 2. The lowest BCUT2D eigenvalue weighted by Crippen LogP contribution is -2.42. The molecule has 118 valence electrons. The number of carboxylic acids is 2. The van der Waals surface area contributed by atoms with Crippen LogP contribution in [0.4, 0.5) is 0 Å². The van der Waals surface area contributed by atoms with Crippen LogP contribution in [0.5, 0.6) is 0 Å². The number of nitrogens with zero attached hydrogens (tertiary/aromatic N) is 2. The van der Waals surface area contributed by atoms with E-state index in [9.17, 15) is 0 Å². The largest absolute Gasteiger partial charge is 0.543 e. The number of carbonyl (C=O) groups excluding carboxylic acids is 2. The van der Waals surface area contributed by atoms with Crippen LogP contribution in [0.2, 0.25) is 0 Å². The van der Waals surface area contributed by atoms with Crippen LogP contribution in [-0.4, -0.2) is 75.3 Å². The standard InChI is InChI=1S/2C6H14N.C2H2O4/c2*1-7(2)5-3-4-6-7;3-1(4)2(5)6/h2*3-6H2,1-2H3;(H,3,4)(H,5,6)/q2*+1;/p-2. The predicted octanol–water partition coefficient (Wildman–Crippen LogP) is -1.80. The highest BCUT2D eigenvalue weighted by Crippen LogP contribution is 2.11. The first-order valence-corrected chi connectivity index (χ1v) is 7.12. The number of aliphatic carboxylic acids is 2. The summed E-state index contributed by atoms with van der Waals surface area (Å²) in [7, 11) is 9.19. The van der Waals surface area contributed by atoms with Crippen molar-refractivity contribution in [1.29, 1.82) is 0 Å². The molecular formula is C14H28N2O4. The lowest BCUT2D eigenvalue weighted by Gasteiger charge is -2.21. The summed E-state index contributed by atoms with van der Waals surface area (Å²) in [5.41, 5.74) is 0. The van der Waals surface area contributed by atoms with E-state index in [-0.39, 0.29) is 0 Å². The highest BCUT2D eigenvalue weighted by atomic mass is 16.4. The van der Waals surface area contributed by atoms with Crippen molar-refractivity contribution >= 4 is 11.9 Å². The smallest absolute Gasteiger partial charge is 0.0870 e. The average Bonchev–Trinajstić information content (AvgIpc) is 2.88. The maximum Gasteiger partial charge on any atom is 0.0870 e. The number of carbonyl (C=O) groups is 2. The van der Waals surface area contributed by atoms with Gasteiger partial charge in [-0.25, -0.2) is 0 Å². The molecule has 0 aromatic carbocycles. The summed E-state index contributed by atoms with van der Waals surface area (Å²) in [5.74, 6) is -4.37. The first-order valence-electron chi connectivity index (χ1n) is 7.12. The second-order valence-corrected chi connectivity index (χ2v) is 6.76. The van der Waals surface area contributed by atoms with Gasteiger partial charge in [-0.3, -0.25) is 0 Å². The molecule has 2 aliphatic heterocycles. The third-order valence-corrected chi connectivity index (χ3v) is 3.72. The molecule has 2 rings (SSSR count). The Hall–Kier alpha value is -1.14. The van der Waals surface area contributed by atoms with Crippen molar-refractivity contribution in [3.05, 3.63) is 0 Å². The molecule has 0 radical (unpaired) electrons. The van der Waals surface area contributed by atoms with Gasteiger partial charge in [0.25, 0.3) is 0 Å². The molecule has 0 bridgehead atoms. The number of rotatable bonds is 0. The maximum atomic E-state index is 8.93. The van der Waals surface area contributed by atoms with Gasteiger partial charge in [-0.15, -0.1) is 0 Å². The van der Waals surface area contributed by atoms with E-state index in [1.54, 1.807) is 0 Å². The summed E-state index contributed by atoms with van der Waals surface area (Å²) < 4.78 is 2.50. The molecule has 6 heteroatoms. The van der Waals surface area contributed by atoms with Crippen molar-refractivity contribution in [3.63, 3.8) is 0 Å². The Bertz CT molecular complexity index is 279. The fourth-order valence-electron chi connectivity index (χ4n) is 2.38. The van der Waals surface area contributed by atoms with E-state index in [0.717, 1.165) is 0 Å². The van der Waals surface area contributed by atoms with Gasteiger partial charge >= 0.3 is 0 Å². The summed E-state index contributed by atoms with van der Waals surface area (Å²) in [6.45, 7) is 5.56. The Labute approximate surface area is 121 Å². The van der Waals surface area contributed by atoms with E-state index in [1.807, 2.05) is 0 Å². The van der Waals surface area contributed by atoms with Crippen LogP contribution in [0.1, 0.15) is 25.7 Å². The Morgan fingerprint density at radius 2 is 0.850 bits per heavy atom. The molecule has 0 saturated carbocycles. The van der Waals surface area contributed by atoms with Gasteiger partial charge in [-0.05, 0) is 0 Å². The Balaban J connectivity index is 0.000000272. The van der Waals surface area contributed by atoms with Gasteiger partial charge in [-0.2, -0.15) is 0 Å². The molecule has 6 nitrogen and oxygen atoms in total. The quantitative estimate of drug-likeness (QED) is 0.389. The minimum Gasteiger partial charge on any atom is -0.543 e. The van der Waals surface area contributed by atoms with E-state index >= 15 is 0 Å². The number of hydrogen-bond donors (Lipinski definition) is 0. The van der Waals surface area contributed by atoms with Crippen LogP contribution in [0.3, 0.4) is 0 Å². The number of likely N-dealkylation sites (tertiary alicyclic amines) is 2. The van der Waals surface area contributed by atoms with E-state index in [2.05, 4.69) is 28.2 Å². The molecule has 2 aliphatic rings. The van der Waals surface area contributed by atoms with Gasteiger partial charge in [0.1, 0.15) is 0 Å². The summed E-state index contributed by atoms with van der Waals surface area (Å²) >= 11 is 0. The van der Waals surface area contributed by atoms with Crippen molar-refractivity contribution < 1.29 is 28.8 Å². The van der Waals surface area contributed by atoms with Crippen LogP contribution in [0.25, 0.3) is 0 Å². The highest BCUT2D eigenvalue weighted by Gasteiger charge is 2.20. The molecule has 0 atom stereocenters. The maximum absolute atomic E-state index is 8.93. The summed E-state index contributed by atoms with van der Waals surface area (Å²) in [4.78, 5) is 17.9. The Kier molecular flexibility index (Phi) is 7.75. The van der Waals surface area contributed by atoms with Crippen LogP contribution in [0.15, 0.2) is 0 Å².